The molecule has 2 aromatic carbocycles. The maximum absolute atomic E-state index is 13.4. The van der Waals surface area contributed by atoms with Gasteiger partial charge in [0.2, 0.25) is 0 Å². The first-order valence-corrected chi connectivity index (χ1v) is 11.3. The Hall–Kier alpha value is -3.10. The third-order valence-electron chi connectivity index (χ3n) is 6.79. The van der Waals surface area contributed by atoms with Crippen molar-refractivity contribution < 1.29 is 23.8 Å². The third-order valence-corrected chi connectivity index (χ3v) is 6.79. The predicted molar refractivity (Wildman–Crippen MR) is 121 cm³/mol. The van der Waals surface area contributed by atoms with Gasteiger partial charge >= 0.3 is 0 Å². The first-order chi connectivity index (χ1) is 16.1. The van der Waals surface area contributed by atoms with Crippen molar-refractivity contribution in [2.75, 3.05) is 59.7 Å². The van der Waals surface area contributed by atoms with E-state index >= 15 is 0 Å². The van der Waals surface area contributed by atoms with E-state index in [2.05, 4.69) is 4.90 Å². The molecule has 2 amide bonds. The molecule has 174 valence electrons. The van der Waals surface area contributed by atoms with Crippen LogP contribution in [0.5, 0.6) is 11.5 Å². The SMILES string of the molecule is COc1cccc(C(=O)N2CC3COCCN3C3(CN(C(=O)COc4ccccc4)C3)C2)c1. The number of fused-ring (bicyclic) bond motifs is 2. The molecular formula is C25H29N3O5. The normalized spacial score (nSPS) is 21.8. The maximum atomic E-state index is 13.4. The zero-order valence-electron chi connectivity index (χ0n) is 18.8. The van der Waals surface area contributed by atoms with Crippen LogP contribution in [0.25, 0.3) is 0 Å². The van der Waals surface area contributed by atoms with E-state index < -0.39 is 0 Å². The number of morpholine rings is 1. The molecule has 3 aliphatic heterocycles. The molecule has 2 aromatic rings. The summed E-state index contributed by atoms with van der Waals surface area (Å²) in [6.07, 6.45) is 0. The first-order valence-electron chi connectivity index (χ1n) is 11.3. The molecule has 3 aliphatic rings. The molecule has 33 heavy (non-hydrogen) atoms. The Morgan fingerprint density at radius 3 is 2.58 bits per heavy atom. The Balaban J connectivity index is 1.28. The molecule has 0 bridgehead atoms. The lowest BCUT2D eigenvalue weighted by atomic mass is 9.82. The fourth-order valence-corrected chi connectivity index (χ4v) is 5.16. The molecule has 1 unspecified atom stereocenters. The number of hydrogen-bond acceptors (Lipinski definition) is 6. The average molecular weight is 452 g/mol. The second-order valence-corrected chi connectivity index (χ2v) is 8.92. The van der Waals surface area contributed by atoms with E-state index in [1.807, 2.05) is 58.3 Å². The standard InChI is InChI=1S/C25H29N3O5/c1-31-22-9-5-6-19(12-22)24(30)26-13-20-14-32-11-10-28(20)25(16-26)17-27(18-25)23(29)15-33-21-7-3-2-4-8-21/h2-9,12,20H,10-11,13-18H2,1H3. The summed E-state index contributed by atoms with van der Waals surface area (Å²) in [5.74, 6) is 1.29. The first kappa shape index (κ1) is 21.7. The van der Waals surface area contributed by atoms with Crippen LogP contribution in [-0.2, 0) is 9.53 Å². The van der Waals surface area contributed by atoms with Gasteiger partial charge in [-0.3, -0.25) is 14.5 Å². The smallest absolute Gasteiger partial charge is 0.260 e. The van der Waals surface area contributed by atoms with Gasteiger partial charge in [0.15, 0.2) is 6.61 Å². The van der Waals surface area contributed by atoms with Crippen molar-refractivity contribution >= 4 is 11.8 Å². The van der Waals surface area contributed by atoms with E-state index in [9.17, 15) is 9.59 Å². The second kappa shape index (κ2) is 9.03. The van der Waals surface area contributed by atoms with Crippen molar-refractivity contribution in [2.45, 2.75) is 11.6 Å². The van der Waals surface area contributed by atoms with E-state index in [0.717, 1.165) is 6.54 Å². The summed E-state index contributed by atoms with van der Waals surface area (Å²) in [6, 6.07) is 16.7. The highest BCUT2D eigenvalue weighted by Crippen LogP contribution is 2.36. The van der Waals surface area contributed by atoms with E-state index in [0.29, 0.717) is 56.5 Å². The van der Waals surface area contributed by atoms with Crippen LogP contribution in [0.2, 0.25) is 0 Å². The highest BCUT2D eigenvalue weighted by molar-refractivity contribution is 5.95. The van der Waals surface area contributed by atoms with Crippen molar-refractivity contribution in [1.29, 1.82) is 0 Å². The van der Waals surface area contributed by atoms with Gasteiger partial charge in [-0.1, -0.05) is 24.3 Å². The summed E-state index contributed by atoms with van der Waals surface area (Å²) in [4.78, 5) is 32.3. The van der Waals surface area contributed by atoms with Crippen LogP contribution >= 0.6 is 0 Å². The second-order valence-electron chi connectivity index (χ2n) is 8.92. The van der Waals surface area contributed by atoms with Crippen LogP contribution in [-0.4, -0.2) is 97.7 Å². The highest BCUT2D eigenvalue weighted by atomic mass is 16.5. The Morgan fingerprint density at radius 2 is 1.79 bits per heavy atom. The number of hydrogen-bond donors (Lipinski definition) is 0. The number of para-hydroxylation sites is 1. The summed E-state index contributed by atoms with van der Waals surface area (Å²) in [5.41, 5.74) is 0.363. The number of carbonyl (C=O) groups excluding carboxylic acids is 2. The number of methoxy groups -OCH3 is 1. The molecule has 3 heterocycles. The zero-order chi connectivity index (χ0) is 22.8. The number of nitrogens with zero attached hydrogens (tertiary/aromatic N) is 3. The van der Waals surface area contributed by atoms with E-state index in [1.54, 1.807) is 13.2 Å². The van der Waals surface area contributed by atoms with Gasteiger partial charge in [-0.25, -0.2) is 0 Å². The number of piperazine rings is 1. The number of benzene rings is 2. The largest absolute Gasteiger partial charge is 0.497 e. The summed E-state index contributed by atoms with van der Waals surface area (Å²) in [7, 11) is 1.60. The van der Waals surface area contributed by atoms with Gasteiger partial charge in [0.1, 0.15) is 11.5 Å². The van der Waals surface area contributed by atoms with Gasteiger partial charge in [-0.05, 0) is 30.3 Å². The van der Waals surface area contributed by atoms with Crippen LogP contribution in [0.3, 0.4) is 0 Å². The van der Waals surface area contributed by atoms with Crippen molar-refractivity contribution in [3.63, 3.8) is 0 Å². The molecule has 0 aromatic heterocycles. The molecule has 1 atom stereocenters. The minimum Gasteiger partial charge on any atom is -0.497 e. The molecule has 3 fully saturated rings. The van der Waals surface area contributed by atoms with Crippen LogP contribution in [0, 0.1) is 0 Å². The lowest BCUT2D eigenvalue weighted by Gasteiger charge is -2.63. The molecule has 0 N–H and O–H groups in total. The van der Waals surface area contributed by atoms with Gasteiger partial charge < -0.3 is 24.0 Å². The molecule has 0 radical (unpaired) electrons. The van der Waals surface area contributed by atoms with Crippen LogP contribution in [0.4, 0.5) is 0 Å². The molecule has 5 rings (SSSR count). The third kappa shape index (κ3) is 4.28. The quantitative estimate of drug-likeness (QED) is 0.687. The fourth-order valence-electron chi connectivity index (χ4n) is 5.16. The van der Waals surface area contributed by atoms with E-state index in [-0.39, 0.29) is 30.0 Å². The number of carbonyl (C=O) groups is 2. The number of rotatable bonds is 5. The van der Waals surface area contributed by atoms with E-state index in [4.69, 9.17) is 14.2 Å². The summed E-state index contributed by atoms with van der Waals surface area (Å²) in [6.45, 7) is 4.46. The Bertz CT molecular complexity index is 1010. The van der Waals surface area contributed by atoms with Gasteiger partial charge in [0.05, 0.1) is 31.9 Å². The van der Waals surface area contributed by atoms with Crippen LogP contribution in [0.1, 0.15) is 10.4 Å². The average Bonchev–Trinajstić information content (AvgIpc) is 2.85. The Labute approximate surface area is 193 Å². The summed E-state index contributed by atoms with van der Waals surface area (Å²) >= 11 is 0. The Morgan fingerprint density at radius 1 is 1.03 bits per heavy atom. The molecule has 0 aliphatic carbocycles. The fraction of sp³-hybridized carbons (Fsp3) is 0.440. The van der Waals surface area contributed by atoms with Crippen LogP contribution < -0.4 is 9.47 Å². The minimum atomic E-state index is -0.246. The lowest BCUT2D eigenvalue weighted by molar-refractivity contribution is -0.173. The lowest BCUT2D eigenvalue weighted by Crippen LogP contribution is -2.81. The molecule has 0 saturated carbocycles. The number of ether oxygens (including phenoxy) is 3. The molecule has 8 heteroatoms. The zero-order valence-corrected chi connectivity index (χ0v) is 18.8. The molecule has 3 saturated heterocycles. The minimum absolute atomic E-state index is 0.0130. The van der Waals surface area contributed by atoms with Crippen molar-refractivity contribution in [3.05, 3.63) is 60.2 Å². The highest BCUT2D eigenvalue weighted by Gasteiger charge is 2.56. The monoisotopic (exact) mass is 451 g/mol. The summed E-state index contributed by atoms with van der Waals surface area (Å²) in [5, 5.41) is 0. The molecule has 8 nitrogen and oxygen atoms in total. The van der Waals surface area contributed by atoms with Crippen molar-refractivity contribution in [2.24, 2.45) is 0 Å². The van der Waals surface area contributed by atoms with Gasteiger partial charge in [0, 0.05) is 38.3 Å². The molecule has 1 spiro atoms. The Kier molecular flexibility index (Phi) is 5.95. The number of amides is 2. The topological polar surface area (TPSA) is 71.5 Å². The van der Waals surface area contributed by atoms with E-state index in [1.165, 1.54) is 0 Å². The number of likely N-dealkylation sites (tertiary alicyclic amines) is 1. The van der Waals surface area contributed by atoms with Gasteiger partial charge in [-0.2, -0.15) is 0 Å². The van der Waals surface area contributed by atoms with Crippen molar-refractivity contribution in [1.82, 2.24) is 14.7 Å². The summed E-state index contributed by atoms with van der Waals surface area (Å²) < 4.78 is 16.7. The maximum Gasteiger partial charge on any atom is 0.260 e. The predicted octanol–water partition coefficient (Wildman–Crippen LogP) is 1.51. The van der Waals surface area contributed by atoms with Gasteiger partial charge in [0.25, 0.3) is 11.8 Å². The molecular weight excluding hydrogens is 422 g/mol. The van der Waals surface area contributed by atoms with Crippen LogP contribution in [0.15, 0.2) is 54.6 Å². The van der Waals surface area contributed by atoms with Crippen molar-refractivity contribution in [3.8, 4) is 11.5 Å². The van der Waals surface area contributed by atoms with Gasteiger partial charge in [-0.15, -0.1) is 0 Å².